The van der Waals surface area contributed by atoms with Gasteiger partial charge in [0.05, 0.1) is 0 Å². The van der Waals surface area contributed by atoms with Crippen molar-refractivity contribution in [2.45, 2.75) is 38.8 Å². The highest BCUT2D eigenvalue weighted by atomic mass is 32.1. The van der Waals surface area contributed by atoms with Crippen LogP contribution in [0, 0.1) is 5.92 Å². The van der Waals surface area contributed by atoms with Crippen LogP contribution in [-0.2, 0) is 13.0 Å². The van der Waals surface area contributed by atoms with E-state index in [-0.39, 0.29) is 0 Å². The van der Waals surface area contributed by atoms with Gasteiger partial charge in [0, 0.05) is 30.2 Å². The van der Waals surface area contributed by atoms with Crippen molar-refractivity contribution < 1.29 is 0 Å². The van der Waals surface area contributed by atoms with E-state index >= 15 is 0 Å². The van der Waals surface area contributed by atoms with Gasteiger partial charge >= 0.3 is 0 Å². The SMILES string of the molecule is CCc1cnc(CNC2CN3CCC2CC3)s1. The van der Waals surface area contributed by atoms with Crippen molar-refractivity contribution in [3.8, 4) is 0 Å². The molecular weight excluding hydrogens is 230 g/mol. The Morgan fingerprint density at radius 2 is 2.29 bits per heavy atom. The molecule has 3 aliphatic heterocycles. The monoisotopic (exact) mass is 251 g/mol. The van der Waals surface area contributed by atoms with Crippen molar-refractivity contribution in [3.05, 3.63) is 16.1 Å². The molecule has 4 heteroatoms. The highest BCUT2D eigenvalue weighted by molar-refractivity contribution is 7.11. The number of hydrogen-bond acceptors (Lipinski definition) is 4. The summed E-state index contributed by atoms with van der Waals surface area (Å²) in [7, 11) is 0. The predicted molar refractivity (Wildman–Crippen MR) is 71.3 cm³/mol. The van der Waals surface area contributed by atoms with Gasteiger partial charge in [-0.2, -0.15) is 0 Å². The van der Waals surface area contributed by atoms with E-state index in [0.717, 1.165) is 18.9 Å². The van der Waals surface area contributed by atoms with Crippen LogP contribution in [0.1, 0.15) is 29.7 Å². The topological polar surface area (TPSA) is 28.2 Å². The zero-order valence-corrected chi connectivity index (χ0v) is 11.3. The summed E-state index contributed by atoms with van der Waals surface area (Å²) >= 11 is 1.85. The maximum Gasteiger partial charge on any atom is 0.107 e. The Morgan fingerprint density at radius 3 is 2.88 bits per heavy atom. The predicted octanol–water partition coefficient (Wildman–Crippen LogP) is 1.89. The number of piperidine rings is 3. The lowest BCUT2D eigenvalue weighted by Crippen LogP contribution is -2.55. The number of aromatic nitrogens is 1. The molecule has 0 saturated carbocycles. The van der Waals surface area contributed by atoms with E-state index in [1.165, 1.54) is 42.4 Å². The average Bonchev–Trinajstić information content (AvgIpc) is 2.86. The molecule has 2 bridgehead atoms. The molecule has 0 aromatic carbocycles. The minimum Gasteiger partial charge on any atom is -0.306 e. The van der Waals surface area contributed by atoms with Crippen LogP contribution in [0.3, 0.4) is 0 Å². The number of hydrogen-bond donors (Lipinski definition) is 1. The van der Waals surface area contributed by atoms with Gasteiger partial charge in [-0.3, -0.25) is 0 Å². The molecule has 3 aliphatic rings. The Hall–Kier alpha value is -0.450. The second-order valence-corrected chi connectivity index (χ2v) is 6.40. The summed E-state index contributed by atoms with van der Waals surface area (Å²) in [5.41, 5.74) is 0. The lowest BCUT2D eigenvalue weighted by Gasteiger charge is -2.45. The van der Waals surface area contributed by atoms with Crippen molar-refractivity contribution in [1.82, 2.24) is 15.2 Å². The first-order valence-corrected chi connectivity index (χ1v) is 7.56. The number of aryl methyl sites for hydroxylation is 1. The van der Waals surface area contributed by atoms with Crippen LogP contribution in [0.25, 0.3) is 0 Å². The van der Waals surface area contributed by atoms with Crippen molar-refractivity contribution in [2.75, 3.05) is 19.6 Å². The third kappa shape index (κ3) is 2.54. The summed E-state index contributed by atoms with van der Waals surface area (Å²) in [6.07, 6.45) is 5.90. The third-order valence-corrected chi connectivity index (χ3v) is 5.26. The van der Waals surface area contributed by atoms with Crippen LogP contribution in [0.5, 0.6) is 0 Å². The molecule has 3 saturated heterocycles. The smallest absolute Gasteiger partial charge is 0.107 e. The van der Waals surface area contributed by atoms with Crippen molar-refractivity contribution in [2.24, 2.45) is 5.92 Å². The number of nitrogens with zero attached hydrogens (tertiary/aromatic N) is 2. The molecule has 17 heavy (non-hydrogen) atoms. The molecule has 4 heterocycles. The summed E-state index contributed by atoms with van der Waals surface area (Å²) in [5.74, 6) is 0.908. The molecule has 1 N–H and O–H groups in total. The van der Waals surface area contributed by atoms with Crippen LogP contribution in [0.4, 0.5) is 0 Å². The third-order valence-electron chi connectivity index (χ3n) is 4.12. The van der Waals surface area contributed by atoms with Gasteiger partial charge in [-0.15, -0.1) is 11.3 Å². The van der Waals surface area contributed by atoms with E-state index in [4.69, 9.17) is 0 Å². The standard InChI is InChI=1S/C13H21N3S/c1-2-11-7-15-13(17-11)8-14-12-9-16-5-3-10(12)4-6-16/h7,10,12,14H,2-6,8-9H2,1H3. The summed E-state index contributed by atoms with van der Waals surface area (Å²) in [5, 5.41) is 4.96. The summed E-state index contributed by atoms with van der Waals surface area (Å²) in [6.45, 7) is 7.04. The Bertz CT molecular complexity index is 368. The molecule has 0 spiro atoms. The highest BCUT2D eigenvalue weighted by Gasteiger charge is 2.33. The van der Waals surface area contributed by atoms with E-state index in [1.807, 2.05) is 17.5 Å². The van der Waals surface area contributed by atoms with E-state index in [1.54, 1.807) is 0 Å². The van der Waals surface area contributed by atoms with E-state index in [0.29, 0.717) is 6.04 Å². The van der Waals surface area contributed by atoms with Gasteiger partial charge in [0.15, 0.2) is 0 Å². The van der Waals surface area contributed by atoms with Crippen LogP contribution < -0.4 is 5.32 Å². The van der Waals surface area contributed by atoms with E-state index in [2.05, 4.69) is 22.1 Å². The summed E-state index contributed by atoms with van der Waals surface area (Å²) in [6, 6.07) is 0.700. The minimum absolute atomic E-state index is 0.700. The second-order valence-electron chi connectivity index (χ2n) is 5.20. The Labute approximate surface area is 107 Å². The molecule has 0 amide bonds. The van der Waals surface area contributed by atoms with E-state index in [9.17, 15) is 0 Å². The molecule has 1 aromatic rings. The molecule has 94 valence electrons. The van der Waals surface area contributed by atoms with Gasteiger partial charge in [0.1, 0.15) is 5.01 Å². The van der Waals surface area contributed by atoms with Gasteiger partial charge in [0.25, 0.3) is 0 Å². The zero-order valence-electron chi connectivity index (χ0n) is 10.5. The van der Waals surface area contributed by atoms with Gasteiger partial charge in [-0.05, 0) is 38.3 Å². The molecule has 3 nitrogen and oxygen atoms in total. The Kier molecular flexibility index (Phi) is 3.45. The maximum absolute atomic E-state index is 4.48. The minimum atomic E-state index is 0.700. The molecule has 4 rings (SSSR count). The van der Waals surface area contributed by atoms with Crippen molar-refractivity contribution in [1.29, 1.82) is 0 Å². The van der Waals surface area contributed by atoms with E-state index < -0.39 is 0 Å². The van der Waals surface area contributed by atoms with Crippen molar-refractivity contribution in [3.63, 3.8) is 0 Å². The molecule has 0 radical (unpaired) electrons. The van der Waals surface area contributed by atoms with Crippen LogP contribution >= 0.6 is 11.3 Å². The molecule has 1 aromatic heterocycles. The van der Waals surface area contributed by atoms with Gasteiger partial charge in [-0.25, -0.2) is 4.98 Å². The first-order valence-electron chi connectivity index (χ1n) is 6.74. The zero-order chi connectivity index (χ0) is 11.7. The molecule has 3 fully saturated rings. The second kappa shape index (κ2) is 5.04. The van der Waals surface area contributed by atoms with Crippen molar-refractivity contribution >= 4 is 11.3 Å². The van der Waals surface area contributed by atoms with Gasteiger partial charge in [0.2, 0.25) is 0 Å². The van der Waals surface area contributed by atoms with Gasteiger partial charge in [-0.1, -0.05) is 6.92 Å². The fraction of sp³-hybridized carbons (Fsp3) is 0.769. The quantitative estimate of drug-likeness (QED) is 0.886. The Morgan fingerprint density at radius 1 is 1.47 bits per heavy atom. The molecular formula is C13H21N3S. The summed E-state index contributed by atoms with van der Waals surface area (Å²) in [4.78, 5) is 8.47. The van der Waals surface area contributed by atoms with Crippen LogP contribution in [0.15, 0.2) is 6.20 Å². The number of nitrogens with one attached hydrogen (secondary N) is 1. The fourth-order valence-corrected chi connectivity index (χ4v) is 3.82. The first-order chi connectivity index (χ1) is 8.35. The molecule has 0 aliphatic carbocycles. The number of rotatable bonds is 4. The number of thiazole rings is 1. The molecule has 1 atom stereocenters. The lowest BCUT2D eigenvalue weighted by molar-refractivity contribution is 0.0720. The van der Waals surface area contributed by atoms with Gasteiger partial charge < -0.3 is 10.2 Å². The fourth-order valence-electron chi connectivity index (χ4n) is 3.01. The van der Waals surface area contributed by atoms with Crippen LogP contribution in [0.2, 0.25) is 0 Å². The van der Waals surface area contributed by atoms with Crippen LogP contribution in [-0.4, -0.2) is 35.6 Å². The summed E-state index contributed by atoms with van der Waals surface area (Å²) < 4.78 is 0. The molecule has 1 unspecified atom stereocenters. The normalized spacial score (nSPS) is 31.9. The maximum atomic E-state index is 4.48. The lowest BCUT2D eigenvalue weighted by atomic mass is 9.84. The largest absolute Gasteiger partial charge is 0.306 e. The average molecular weight is 251 g/mol. The number of fused-ring (bicyclic) bond motifs is 3. The Balaban J connectivity index is 1.54. The first kappa shape index (κ1) is 11.6. The highest BCUT2D eigenvalue weighted by Crippen LogP contribution is 2.27.